The van der Waals surface area contributed by atoms with Gasteiger partial charge in [0, 0.05) is 6.07 Å². The highest BCUT2D eigenvalue weighted by Gasteiger charge is 2.17. The predicted octanol–water partition coefficient (Wildman–Crippen LogP) is 3.70. The third-order valence-electron chi connectivity index (χ3n) is 2.96. The molecule has 6 nitrogen and oxygen atoms in total. The van der Waals surface area contributed by atoms with Crippen LogP contribution in [0.4, 0.5) is 5.69 Å². The molecule has 0 aromatic heterocycles. The number of benzene rings is 2. The van der Waals surface area contributed by atoms with Gasteiger partial charge in [-0.25, -0.2) is 4.79 Å². The largest absolute Gasteiger partial charge is 0.478 e. The minimum atomic E-state index is -1.20. The van der Waals surface area contributed by atoms with Gasteiger partial charge in [-0.15, -0.1) is 0 Å². The number of non-ortho nitro benzene ring substituents is 1. The van der Waals surface area contributed by atoms with Crippen molar-refractivity contribution in [2.75, 3.05) is 0 Å². The van der Waals surface area contributed by atoms with Crippen LogP contribution in [0.1, 0.15) is 21.5 Å². The Hall–Kier alpha value is -2.89. The maximum Gasteiger partial charge on any atom is 0.339 e. The number of carboxylic acid groups (broad SMARTS) is 1. The van der Waals surface area contributed by atoms with E-state index in [9.17, 15) is 14.9 Å². The van der Waals surface area contributed by atoms with Crippen LogP contribution in [-0.4, -0.2) is 16.0 Å². The molecular formula is C15H13NO5. The normalized spacial score (nSPS) is 10.2. The molecule has 0 fully saturated rings. The smallest absolute Gasteiger partial charge is 0.339 e. The monoisotopic (exact) mass is 287 g/mol. The lowest BCUT2D eigenvalue weighted by molar-refractivity contribution is -0.384. The van der Waals surface area contributed by atoms with Gasteiger partial charge in [-0.2, -0.15) is 0 Å². The third kappa shape index (κ3) is 3.17. The van der Waals surface area contributed by atoms with E-state index in [-0.39, 0.29) is 17.0 Å². The van der Waals surface area contributed by atoms with Crippen molar-refractivity contribution in [1.29, 1.82) is 0 Å². The van der Waals surface area contributed by atoms with Crippen molar-refractivity contribution >= 4 is 11.7 Å². The molecule has 0 aliphatic heterocycles. The van der Waals surface area contributed by atoms with Crippen LogP contribution >= 0.6 is 0 Å². The van der Waals surface area contributed by atoms with Gasteiger partial charge in [0.1, 0.15) is 17.1 Å². The number of nitro benzene ring substituents is 1. The zero-order valence-electron chi connectivity index (χ0n) is 11.5. The van der Waals surface area contributed by atoms with Gasteiger partial charge in [-0.3, -0.25) is 10.1 Å². The Balaban J connectivity index is 2.48. The maximum atomic E-state index is 11.2. The van der Waals surface area contributed by atoms with E-state index in [1.807, 2.05) is 26.0 Å². The SMILES string of the molecule is Cc1ccc(Oc2cc([N+](=O)[O-])ccc2C(=O)O)c(C)c1. The molecule has 0 saturated heterocycles. The molecule has 0 atom stereocenters. The molecular weight excluding hydrogens is 274 g/mol. The standard InChI is InChI=1S/C15H13NO5/c1-9-3-6-13(10(2)7-9)21-14-8-11(16(19)20)4-5-12(14)15(17)18/h3-8H,1-2H3,(H,17,18). The third-order valence-corrected chi connectivity index (χ3v) is 2.96. The molecule has 0 aliphatic rings. The molecule has 2 rings (SSSR count). The first-order valence-corrected chi connectivity index (χ1v) is 6.15. The molecule has 0 aliphatic carbocycles. The number of nitrogens with zero attached hydrogens (tertiary/aromatic N) is 1. The van der Waals surface area contributed by atoms with Crippen molar-refractivity contribution in [2.24, 2.45) is 0 Å². The van der Waals surface area contributed by atoms with Gasteiger partial charge in [-0.05, 0) is 31.5 Å². The summed E-state index contributed by atoms with van der Waals surface area (Å²) in [4.78, 5) is 21.4. The fourth-order valence-electron chi connectivity index (χ4n) is 1.92. The molecule has 0 bridgehead atoms. The molecule has 0 unspecified atom stereocenters. The number of nitro groups is 1. The number of hydrogen-bond donors (Lipinski definition) is 1. The van der Waals surface area contributed by atoms with E-state index in [2.05, 4.69) is 0 Å². The van der Waals surface area contributed by atoms with Crippen molar-refractivity contribution in [3.8, 4) is 11.5 Å². The second-order valence-corrected chi connectivity index (χ2v) is 4.61. The Morgan fingerprint density at radius 3 is 2.43 bits per heavy atom. The molecule has 2 aromatic carbocycles. The topological polar surface area (TPSA) is 89.7 Å². The summed E-state index contributed by atoms with van der Waals surface area (Å²) in [7, 11) is 0. The van der Waals surface area contributed by atoms with Crippen molar-refractivity contribution in [2.45, 2.75) is 13.8 Å². The summed E-state index contributed by atoms with van der Waals surface area (Å²) in [6, 6.07) is 8.82. The average Bonchev–Trinajstić information content (AvgIpc) is 2.41. The zero-order valence-corrected chi connectivity index (χ0v) is 11.5. The molecule has 21 heavy (non-hydrogen) atoms. The van der Waals surface area contributed by atoms with Crippen molar-refractivity contribution in [3.05, 3.63) is 63.2 Å². The first kappa shape index (κ1) is 14.5. The lowest BCUT2D eigenvalue weighted by Gasteiger charge is -2.11. The van der Waals surface area contributed by atoms with Gasteiger partial charge < -0.3 is 9.84 Å². The van der Waals surface area contributed by atoms with Gasteiger partial charge in [0.15, 0.2) is 0 Å². The van der Waals surface area contributed by atoms with E-state index < -0.39 is 10.9 Å². The number of aryl methyl sites for hydroxylation is 2. The first-order valence-electron chi connectivity index (χ1n) is 6.15. The second-order valence-electron chi connectivity index (χ2n) is 4.61. The number of carbonyl (C=O) groups is 1. The Labute approximate surface area is 120 Å². The van der Waals surface area contributed by atoms with Crippen LogP contribution in [0.5, 0.6) is 11.5 Å². The number of aromatic carboxylic acids is 1. The van der Waals surface area contributed by atoms with Crippen molar-refractivity contribution in [1.82, 2.24) is 0 Å². The summed E-state index contributed by atoms with van der Waals surface area (Å²) >= 11 is 0. The lowest BCUT2D eigenvalue weighted by atomic mass is 10.1. The van der Waals surface area contributed by atoms with Crippen LogP contribution in [0.3, 0.4) is 0 Å². The first-order chi connectivity index (χ1) is 9.88. The number of hydrogen-bond acceptors (Lipinski definition) is 4. The minimum Gasteiger partial charge on any atom is -0.478 e. The van der Waals surface area contributed by atoms with Gasteiger partial charge in [0.2, 0.25) is 0 Å². The van der Waals surface area contributed by atoms with Gasteiger partial charge in [-0.1, -0.05) is 17.7 Å². The van der Waals surface area contributed by atoms with Crippen molar-refractivity contribution < 1.29 is 19.6 Å². The highest BCUT2D eigenvalue weighted by Crippen LogP contribution is 2.31. The van der Waals surface area contributed by atoms with Crippen LogP contribution in [0.2, 0.25) is 0 Å². The summed E-state index contributed by atoms with van der Waals surface area (Å²) in [5.41, 5.74) is 1.51. The molecule has 2 aromatic rings. The van der Waals surface area contributed by atoms with E-state index >= 15 is 0 Å². The molecule has 0 amide bonds. The quantitative estimate of drug-likeness (QED) is 0.684. The molecule has 1 N–H and O–H groups in total. The molecule has 0 saturated carbocycles. The zero-order chi connectivity index (χ0) is 15.6. The van der Waals surface area contributed by atoms with Gasteiger partial charge in [0.05, 0.1) is 11.0 Å². The predicted molar refractivity (Wildman–Crippen MR) is 76.0 cm³/mol. The molecule has 0 heterocycles. The summed E-state index contributed by atoms with van der Waals surface area (Å²) in [5.74, 6) is -0.795. The Morgan fingerprint density at radius 2 is 1.86 bits per heavy atom. The fraction of sp³-hybridized carbons (Fsp3) is 0.133. The van der Waals surface area contributed by atoms with E-state index in [0.717, 1.165) is 23.3 Å². The number of carboxylic acids is 1. The number of rotatable bonds is 4. The molecule has 0 radical (unpaired) electrons. The van der Waals surface area contributed by atoms with Crippen LogP contribution in [0.15, 0.2) is 36.4 Å². The Kier molecular flexibility index (Phi) is 3.89. The fourth-order valence-corrected chi connectivity index (χ4v) is 1.92. The van der Waals surface area contributed by atoms with Gasteiger partial charge in [0.25, 0.3) is 5.69 Å². The summed E-state index contributed by atoms with van der Waals surface area (Å²) < 4.78 is 5.56. The van der Waals surface area contributed by atoms with Crippen molar-refractivity contribution in [3.63, 3.8) is 0 Å². The number of ether oxygens (including phenoxy) is 1. The van der Waals surface area contributed by atoms with Crippen LogP contribution in [0, 0.1) is 24.0 Å². The van der Waals surface area contributed by atoms with E-state index in [0.29, 0.717) is 5.75 Å². The van der Waals surface area contributed by atoms with Crippen LogP contribution in [-0.2, 0) is 0 Å². The maximum absolute atomic E-state index is 11.2. The average molecular weight is 287 g/mol. The highest BCUT2D eigenvalue weighted by atomic mass is 16.6. The Bertz CT molecular complexity index is 724. The summed E-state index contributed by atoms with van der Waals surface area (Å²) in [5, 5.41) is 19.9. The minimum absolute atomic E-state index is 0.0522. The summed E-state index contributed by atoms with van der Waals surface area (Å²) in [6.07, 6.45) is 0. The van der Waals surface area contributed by atoms with E-state index in [1.54, 1.807) is 6.07 Å². The Morgan fingerprint density at radius 1 is 1.14 bits per heavy atom. The van der Waals surface area contributed by atoms with E-state index in [4.69, 9.17) is 9.84 Å². The van der Waals surface area contributed by atoms with Gasteiger partial charge >= 0.3 is 5.97 Å². The molecule has 0 spiro atoms. The van der Waals surface area contributed by atoms with E-state index in [1.165, 1.54) is 6.07 Å². The lowest BCUT2D eigenvalue weighted by Crippen LogP contribution is -2.01. The van der Waals surface area contributed by atoms with Crippen LogP contribution in [0.25, 0.3) is 0 Å². The highest BCUT2D eigenvalue weighted by molar-refractivity contribution is 5.91. The molecule has 6 heteroatoms. The summed E-state index contributed by atoms with van der Waals surface area (Å²) in [6.45, 7) is 3.74. The second kappa shape index (κ2) is 5.62. The molecule has 108 valence electrons. The van der Waals surface area contributed by atoms with Crippen LogP contribution < -0.4 is 4.74 Å².